The molecule has 2 atom stereocenters. The highest BCUT2D eigenvalue weighted by atomic mass is 35.6. The maximum absolute atomic E-state index is 11.1. The van der Waals surface area contributed by atoms with E-state index in [9.17, 15) is 4.79 Å². The van der Waals surface area contributed by atoms with Gasteiger partial charge in [0.2, 0.25) is 3.79 Å². The molecule has 0 spiro atoms. The van der Waals surface area contributed by atoms with E-state index in [1.54, 1.807) is 24.3 Å². The molecule has 0 radical (unpaired) electrons. The summed E-state index contributed by atoms with van der Waals surface area (Å²) in [7, 11) is 0. The lowest BCUT2D eigenvalue weighted by molar-refractivity contribution is -0.146. The van der Waals surface area contributed by atoms with E-state index in [0.29, 0.717) is 5.56 Å². The van der Waals surface area contributed by atoms with Crippen molar-refractivity contribution in [1.82, 2.24) is 0 Å². The number of hydrogen-bond acceptors (Lipinski definition) is 3. The summed E-state index contributed by atoms with van der Waals surface area (Å²) in [5.41, 5.74) is 0.876. The lowest BCUT2D eigenvalue weighted by Gasteiger charge is -2.16. The molecule has 2 rings (SSSR count). The van der Waals surface area contributed by atoms with Crippen LogP contribution in [0.4, 0.5) is 0 Å². The average molecular weight is 309 g/mol. The number of nitrogens with zero attached hydrogens (tertiary/aromatic N) is 1. The second kappa shape index (κ2) is 5.05. The van der Waals surface area contributed by atoms with Crippen molar-refractivity contribution in [2.75, 3.05) is 0 Å². The number of hydrogen-bond donors (Lipinski definition) is 1. The van der Waals surface area contributed by atoms with Crippen LogP contribution in [0.15, 0.2) is 35.3 Å². The van der Waals surface area contributed by atoms with E-state index in [4.69, 9.17) is 44.6 Å². The molecule has 0 saturated heterocycles. The van der Waals surface area contributed by atoms with Crippen molar-refractivity contribution < 1.29 is 14.6 Å². The van der Waals surface area contributed by atoms with Gasteiger partial charge in [-0.3, -0.25) is 0 Å². The average Bonchev–Trinajstić information content (AvgIpc) is 2.74. The standard InChI is InChI=1S/C11H8Cl3NO3/c12-11(13,14)10-15-7(8(18-10)9(16)17)6-4-2-1-3-5-6/h1-5,8,10H,(H,16,17). The summed E-state index contributed by atoms with van der Waals surface area (Å²) >= 11 is 17.0. The lowest BCUT2D eigenvalue weighted by atomic mass is 10.1. The Hall–Kier alpha value is -0.810. The Labute approximate surface area is 118 Å². The zero-order chi connectivity index (χ0) is 13.3. The third kappa shape index (κ3) is 2.78. The Morgan fingerprint density at radius 2 is 1.89 bits per heavy atom. The minimum absolute atomic E-state index is 0.249. The van der Waals surface area contributed by atoms with Crippen LogP contribution in [-0.2, 0) is 9.53 Å². The zero-order valence-corrected chi connectivity index (χ0v) is 11.2. The van der Waals surface area contributed by atoms with Gasteiger partial charge in [-0.1, -0.05) is 65.1 Å². The molecule has 0 fully saturated rings. The first-order valence-corrected chi connectivity index (χ1v) is 6.11. The van der Waals surface area contributed by atoms with Crippen molar-refractivity contribution in [3.8, 4) is 0 Å². The van der Waals surface area contributed by atoms with Crippen molar-refractivity contribution >= 4 is 46.5 Å². The molecule has 1 aromatic carbocycles. The lowest BCUT2D eigenvalue weighted by Crippen LogP contribution is -2.32. The largest absolute Gasteiger partial charge is 0.479 e. The molecule has 0 amide bonds. The summed E-state index contributed by atoms with van der Waals surface area (Å²) in [4.78, 5) is 15.2. The fourth-order valence-electron chi connectivity index (χ4n) is 1.58. The Kier molecular flexibility index (Phi) is 3.82. The molecule has 1 heterocycles. The number of aliphatic imine (C=N–C) groups is 1. The number of rotatable bonds is 2. The van der Waals surface area contributed by atoms with Crippen LogP contribution in [0.1, 0.15) is 5.56 Å². The van der Waals surface area contributed by atoms with Crippen molar-refractivity contribution in [3.63, 3.8) is 0 Å². The van der Waals surface area contributed by atoms with Gasteiger partial charge in [-0.25, -0.2) is 9.79 Å². The maximum Gasteiger partial charge on any atom is 0.339 e. The molecule has 1 aromatic rings. The summed E-state index contributed by atoms with van der Waals surface area (Å²) in [6.07, 6.45) is -2.35. The van der Waals surface area contributed by atoms with Crippen LogP contribution >= 0.6 is 34.8 Å². The fourth-order valence-corrected chi connectivity index (χ4v) is 1.88. The topological polar surface area (TPSA) is 58.9 Å². The molecule has 0 aromatic heterocycles. The van der Waals surface area contributed by atoms with E-state index in [2.05, 4.69) is 4.99 Å². The highest BCUT2D eigenvalue weighted by Crippen LogP contribution is 2.37. The van der Waals surface area contributed by atoms with Crippen LogP contribution in [0.2, 0.25) is 0 Å². The van der Waals surface area contributed by atoms with Crippen LogP contribution in [0.3, 0.4) is 0 Å². The third-order valence-electron chi connectivity index (χ3n) is 2.34. The van der Waals surface area contributed by atoms with E-state index < -0.39 is 22.1 Å². The van der Waals surface area contributed by atoms with Gasteiger partial charge in [0.1, 0.15) is 0 Å². The molecule has 96 valence electrons. The van der Waals surface area contributed by atoms with Gasteiger partial charge >= 0.3 is 5.97 Å². The van der Waals surface area contributed by atoms with Gasteiger partial charge in [0, 0.05) is 0 Å². The van der Waals surface area contributed by atoms with E-state index in [0.717, 1.165) is 0 Å². The number of ether oxygens (including phenoxy) is 1. The van der Waals surface area contributed by atoms with Crippen LogP contribution in [0, 0.1) is 0 Å². The fraction of sp³-hybridized carbons (Fsp3) is 0.273. The maximum atomic E-state index is 11.1. The number of carboxylic acid groups (broad SMARTS) is 1. The number of halogens is 3. The molecular weight excluding hydrogens is 300 g/mol. The van der Waals surface area contributed by atoms with Crippen molar-refractivity contribution in [2.24, 2.45) is 4.99 Å². The van der Waals surface area contributed by atoms with Gasteiger partial charge < -0.3 is 9.84 Å². The first-order chi connectivity index (χ1) is 8.39. The van der Waals surface area contributed by atoms with Gasteiger partial charge in [0.25, 0.3) is 0 Å². The smallest absolute Gasteiger partial charge is 0.339 e. The molecule has 1 aliphatic heterocycles. The van der Waals surface area contributed by atoms with Crippen molar-refractivity contribution in [3.05, 3.63) is 35.9 Å². The summed E-state index contributed by atoms with van der Waals surface area (Å²) < 4.78 is 3.35. The quantitative estimate of drug-likeness (QED) is 0.855. The number of benzene rings is 1. The summed E-state index contributed by atoms with van der Waals surface area (Å²) in [5, 5.41) is 9.09. The van der Waals surface area contributed by atoms with Gasteiger partial charge in [0.05, 0.1) is 5.71 Å². The zero-order valence-electron chi connectivity index (χ0n) is 8.89. The van der Waals surface area contributed by atoms with Gasteiger partial charge in [-0.2, -0.15) is 0 Å². The van der Waals surface area contributed by atoms with Crippen LogP contribution < -0.4 is 0 Å². The van der Waals surface area contributed by atoms with Crippen molar-refractivity contribution in [2.45, 2.75) is 16.1 Å². The molecule has 18 heavy (non-hydrogen) atoms. The van der Waals surface area contributed by atoms with E-state index in [1.807, 2.05) is 6.07 Å². The number of alkyl halides is 3. The Balaban J connectivity index is 2.38. The van der Waals surface area contributed by atoms with Gasteiger partial charge in [-0.05, 0) is 5.56 Å². The highest BCUT2D eigenvalue weighted by molar-refractivity contribution is 6.68. The first kappa shape index (κ1) is 13.6. The Morgan fingerprint density at radius 1 is 1.28 bits per heavy atom. The van der Waals surface area contributed by atoms with Crippen LogP contribution in [-0.4, -0.2) is 32.9 Å². The normalized spacial score (nSPS) is 23.8. The molecular formula is C11H8Cl3NO3. The SMILES string of the molecule is O=C(O)C1OC(C(Cl)(Cl)Cl)N=C1c1ccccc1. The molecule has 0 aliphatic carbocycles. The minimum Gasteiger partial charge on any atom is -0.479 e. The number of aliphatic carboxylic acids is 1. The highest BCUT2D eigenvalue weighted by Gasteiger charge is 2.44. The first-order valence-electron chi connectivity index (χ1n) is 4.97. The molecule has 7 heteroatoms. The second-order valence-corrected chi connectivity index (χ2v) is 6.00. The number of carbonyl (C=O) groups is 1. The molecule has 4 nitrogen and oxygen atoms in total. The Morgan fingerprint density at radius 3 is 2.39 bits per heavy atom. The summed E-state index contributed by atoms with van der Waals surface area (Å²) in [5.74, 6) is -1.17. The van der Waals surface area contributed by atoms with Gasteiger partial charge in [0.15, 0.2) is 12.3 Å². The molecule has 1 N–H and O–H groups in total. The van der Waals surface area contributed by atoms with E-state index >= 15 is 0 Å². The van der Waals surface area contributed by atoms with E-state index in [1.165, 1.54) is 0 Å². The predicted octanol–water partition coefficient (Wildman–Crippen LogP) is 2.66. The molecule has 1 aliphatic rings. The Bertz CT molecular complexity index is 484. The molecule has 2 unspecified atom stereocenters. The minimum atomic E-state index is -1.80. The summed E-state index contributed by atoms with van der Waals surface area (Å²) in [6, 6.07) is 8.78. The second-order valence-electron chi connectivity index (χ2n) is 3.63. The molecule has 0 saturated carbocycles. The molecule has 0 bridgehead atoms. The van der Waals surface area contributed by atoms with E-state index in [-0.39, 0.29) is 5.71 Å². The number of carboxylic acids is 1. The predicted molar refractivity (Wildman–Crippen MR) is 69.6 cm³/mol. The van der Waals surface area contributed by atoms with Gasteiger partial charge in [-0.15, -0.1) is 0 Å². The monoisotopic (exact) mass is 307 g/mol. The van der Waals surface area contributed by atoms with Crippen LogP contribution in [0.25, 0.3) is 0 Å². The van der Waals surface area contributed by atoms with Crippen LogP contribution in [0.5, 0.6) is 0 Å². The summed E-state index contributed by atoms with van der Waals surface area (Å²) in [6.45, 7) is 0. The third-order valence-corrected chi connectivity index (χ3v) is 2.90. The van der Waals surface area contributed by atoms with Crippen molar-refractivity contribution in [1.29, 1.82) is 0 Å².